The lowest BCUT2D eigenvalue weighted by molar-refractivity contribution is 0.0254. The van der Waals surface area contributed by atoms with Crippen molar-refractivity contribution in [3.05, 3.63) is 41.3 Å². The lowest BCUT2D eigenvalue weighted by Gasteiger charge is -2.23. The molecule has 0 aliphatic carbocycles. The number of aromatic nitrogens is 2. The summed E-state index contributed by atoms with van der Waals surface area (Å²) in [6, 6.07) is 9.36. The summed E-state index contributed by atoms with van der Waals surface area (Å²) in [5.74, 6) is 0.596. The molecule has 0 bridgehead atoms. The molecule has 0 saturated carbocycles. The minimum atomic E-state index is 0.0974. The topological polar surface area (TPSA) is 68.0 Å². The molecule has 1 aliphatic rings. The van der Waals surface area contributed by atoms with Gasteiger partial charge in [0.1, 0.15) is 17.9 Å². The van der Waals surface area contributed by atoms with Gasteiger partial charge >= 0.3 is 0 Å². The van der Waals surface area contributed by atoms with Gasteiger partial charge < -0.3 is 9.47 Å². The third kappa shape index (κ3) is 3.35. The van der Waals surface area contributed by atoms with Gasteiger partial charge in [-0.2, -0.15) is 5.26 Å². The summed E-state index contributed by atoms with van der Waals surface area (Å²) >= 11 is 5.80. The van der Waals surface area contributed by atoms with E-state index in [-0.39, 0.29) is 11.4 Å². The molecule has 22 heavy (non-hydrogen) atoms. The van der Waals surface area contributed by atoms with Gasteiger partial charge in [0.2, 0.25) is 5.28 Å². The smallest absolute Gasteiger partial charge is 0.222 e. The van der Waals surface area contributed by atoms with Gasteiger partial charge in [-0.05, 0) is 35.9 Å². The first-order chi connectivity index (χ1) is 10.8. The number of hydrogen-bond acceptors (Lipinski definition) is 5. The maximum atomic E-state index is 9.36. The van der Waals surface area contributed by atoms with Crippen molar-refractivity contribution in [3.8, 4) is 23.1 Å². The second-order valence-electron chi connectivity index (χ2n) is 4.96. The number of ether oxygens (including phenoxy) is 2. The van der Waals surface area contributed by atoms with E-state index in [2.05, 4.69) is 16.0 Å². The Balaban J connectivity index is 1.86. The van der Waals surface area contributed by atoms with Crippen molar-refractivity contribution in [1.82, 2.24) is 9.97 Å². The lowest BCUT2D eigenvalue weighted by Crippen LogP contribution is -2.26. The summed E-state index contributed by atoms with van der Waals surface area (Å²) in [4.78, 5) is 8.01. The van der Waals surface area contributed by atoms with Gasteiger partial charge in [0.25, 0.3) is 0 Å². The van der Waals surface area contributed by atoms with Crippen LogP contribution >= 0.6 is 11.6 Å². The van der Waals surface area contributed by atoms with Crippen LogP contribution in [0.2, 0.25) is 5.28 Å². The fourth-order valence-electron chi connectivity index (χ4n) is 2.35. The molecule has 0 spiro atoms. The second-order valence-corrected chi connectivity index (χ2v) is 5.30. The Bertz CT molecular complexity index is 709. The van der Waals surface area contributed by atoms with Crippen LogP contribution < -0.4 is 4.74 Å². The van der Waals surface area contributed by atoms with Gasteiger partial charge in [-0.1, -0.05) is 0 Å². The Labute approximate surface area is 133 Å². The molecule has 1 saturated heterocycles. The molecule has 0 unspecified atom stereocenters. The summed E-state index contributed by atoms with van der Waals surface area (Å²) < 4.78 is 11.2. The van der Waals surface area contributed by atoms with E-state index in [4.69, 9.17) is 21.1 Å². The zero-order valence-electron chi connectivity index (χ0n) is 11.8. The number of hydrogen-bond donors (Lipinski definition) is 0. The molecule has 0 atom stereocenters. The van der Waals surface area contributed by atoms with E-state index in [0.717, 1.165) is 18.4 Å². The molecule has 0 amide bonds. The highest BCUT2D eigenvalue weighted by molar-refractivity contribution is 6.28. The van der Waals surface area contributed by atoms with Crippen molar-refractivity contribution in [2.45, 2.75) is 18.9 Å². The van der Waals surface area contributed by atoms with E-state index in [9.17, 15) is 5.26 Å². The van der Waals surface area contributed by atoms with E-state index >= 15 is 0 Å². The molecule has 1 fully saturated rings. The Morgan fingerprint density at radius 2 is 2.09 bits per heavy atom. The largest absolute Gasteiger partial charge is 0.489 e. The van der Waals surface area contributed by atoms with Crippen LogP contribution in [0.15, 0.2) is 30.5 Å². The molecular formula is C16H14ClN3O2. The van der Waals surface area contributed by atoms with Crippen molar-refractivity contribution < 1.29 is 9.47 Å². The molecule has 6 heteroatoms. The van der Waals surface area contributed by atoms with Crippen LogP contribution in [0.4, 0.5) is 0 Å². The van der Waals surface area contributed by atoms with Crippen LogP contribution in [0.25, 0.3) is 11.3 Å². The second kappa shape index (κ2) is 6.73. The minimum absolute atomic E-state index is 0.0974. The number of nitriles is 1. The van der Waals surface area contributed by atoms with Crippen LogP contribution in [0.1, 0.15) is 18.4 Å². The summed E-state index contributed by atoms with van der Waals surface area (Å²) in [6.45, 7) is 1.40. The Hall–Kier alpha value is -2.16. The highest BCUT2D eigenvalue weighted by Crippen LogP contribution is 2.27. The Kier molecular flexibility index (Phi) is 4.52. The van der Waals surface area contributed by atoms with Crippen LogP contribution in [-0.2, 0) is 4.74 Å². The predicted molar refractivity (Wildman–Crippen MR) is 81.7 cm³/mol. The van der Waals surface area contributed by atoms with Gasteiger partial charge in [-0.3, -0.25) is 0 Å². The van der Waals surface area contributed by atoms with E-state index < -0.39 is 0 Å². The summed E-state index contributed by atoms with van der Waals surface area (Å²) in [5, 5.41) is 9.54. The number of benzene rings is 1. The highest BCUT2D eigenvalue weighted by atomic mass is 35.5. The summed E-state index contributed by atoms with van der Waals surface area (Å²) in [7, 11) is 0. The number of nitrogens with zero attached hydrogens (tertiary/aromatic N) is 3. The van der Waals surface area contributed by atoms with Gasteiger partial charge in [-0.15, -0.1) is 0 Å². The van der Waals surface area contributed by atoms with Crippen molar-refractivity contribution in [1.29, 1.82) is 5.26 Å². The fraction of sp³-hybridized carbons (Fsp3) is 0.312. The quantitative estimate of drug-likeness (QED) is 0.813. The van der Waals surface area contributed by atoms with Gasteiger partial charge in [0.15, 0.2) is 0 Å². The zero-order valence-corrected chi connectivity index (χ0v) is 12.6. The zero-order chi connectivity index (χ0) is 15.4. The average Bonchev–Trinajstić information content (AvgIpc) is 2.56. The van der Waals surface area contributed by atoms with E-state index in [1.807, 2.05) is 6.07 Å². The van der Waals surface area contributed by atoms with E-state index in [0.29, 0.717) is 30.2 Å². The van der Waals surface area contributed by atoms with Crippen LogP contribution in [-0.4, -0.2) is 29.3 Å². The maximum absolute atomic E-state index is 9.36. The SMILES string of the molecule is N#Cc1cc(-c2ccnc(Cl)n2)ccc1OC1CCOCC1. The van der Waals surface area contributed by atoms with Crippen molar-refractivity contribution in [2.24, 2.45) is 0 Å². The van der Waals surface area contributed by atoms with Gasteiger partial charge in [-0.25, -0.2) is 9.97 Å². The minimum Gasteiger partial charge on any atom is -0.489 e. The molecule has 2 heterocycles. The van der Waals surface area contributed by atoms with Crippen LogP contribution in [0.5, 0.6) is 5.75 Å². The molecule has 0 radical (unpaired) electrons. The van der Waals surface area contributed by atoms with Crippen molar-refractivity contribution in [3.63, 3.8) is 0 Å². The molecular weight excluding hydrogens is 302 g/mol. The fourth-order valence-corrected chi connectivity index (χ4v) is 2.50. The molecule has 1 aromatic heterocycles. The Morgan fingerprint density at radius 1 is 1.27 bits per heavy atom. The van der Waals surface area contributed by atoms with Crippen molar-refractivity contribution in [2.75, 3.05) is 13.2 Å². The standard InChI is InChI=1S/C16H14ClN3O2/c17-16-19-6-3-14(20-16)11-1-2-15(12(9-11)10-18)22-13-4-7-21-8-5-13/h1-3,6,9,13H,4-5,7-8H2. The van der Waals surface area contributed by atoms with Gasteiger partial charge in [0, 0.05) is 24.6 Å². The molecule has 0 N–H and O–H groups in total. The summed E-state index contributed by atoms with van der Waals surface area (Å²) in [6.07, 6.45) is 3.37. The molecule has 112 valence electrons. The van der Waals surface area contributed by atoms with E-state index in [1.165, 1.54) is 0 Å². The maximum Gasteiger partial charge on any atom is 0.222 e. The molecule has 2 aromatic rings. The predicted octanol–water partition coefficient (Wildman–Crippen LogP) is 3.23. The Morgan fingerprint density at radius 3 is 2.82 bits per heavy atom. The van der Waals surface area contributed by atoms with Crippen LogP contribution in [0.3, 0.4) is 0 Å². The van der Waals surface area contributed by atoms with Crippen LogP contribution in [0, 0.1) is 11.3 Å². The number of halogens is 1. The molecule has 5 nitrogen and oxygen atoms in total. The molecule has 3 rings (SSSR count). The summed E-state index contributed by atoms with van der Waals surface area (Å²) in [5.41, 5.74) is 1.97. The van der Waals surface area contributed by atoms with Crippen molar-refractivity contribution >= 4 is 11.6 Å². The lowest BCUT2D eigenvalue weighted by atomic mass is 10.1. The first-order valence-electron chi connectivity index (χ1n) is 7.04. The first kappa shape index (κ1) is 14.8. The number of rotatable bonds is 3. The molecule has 1 aliphatic heterocycles. The normalized spacial score (nSPS) is 15.3. The van der Waals surface area contributed by atoms with Gasteiger partial charge in [0.05, 0.1) is 24.5 Å². The van der Waals surface area contributed by atoms with E-state index in [1.54, 1.807) is 24.4 Å². The monoisotopic (exact) mass is 315 g/mol. The average molecular weight is 316 g/mol. The third-order valence-corrected chi connectivity index (χ3v) is 3.67. The third-order valence-electron chi connectivity index (χ3n) is 3.48. The molecule has 1 aromatic carbocycles. The highest BCUT2D eigenvalue weighted by Gasteiger charge is 2.17. The first-order valence-corrected chi connectivity index (χ1v) is 7.41.